The van der Waals surface area contributed by atoms with Crippen molar-refractivity contribution in [2.45, 2.75) is 12.8 Å². The minimum absolute atomic E-state index is 0.0460. The van der Waals surface area contributed by atoms with E-state index in [2.05, 4.69) is 15.2 Å². The monoisotopic (exact) mass is 321 g/mol. The molecule has 1 aromatic heterocycles. The maximum Gasteiger partial charge on any atom is 0.186 e. The van der Waals surface area contributed by atoms with Gasteiger partial charge in [0.05, 0.1) is 6.54 Å². The smallest absolute Gasteiger partial charge is 0.186 e. The van der Waals surface area contributed by atoms with Crippen LogP contribution in [-0.2, 0) is 0 Å². The predicted molar refractivity (Wildman–Crippen MR) is 87.8 cm³/mol. The zero-order valence-corrected chi connectivity index (χ0v) is 13.1. The van der Waals surface area contributed by atoms with Crippen LogP contribution in [0.2, 0.25) is 5.15 Å². The molecule has 4 nitrogen and oxygen atoms in total. The van der Waals surface area contributed by atoms with Crippen molar-refractivity contribution in [1.29, 1.82) is 0 Å². The van der Waals surface area contributed by atoms with Gasteiger partial charge in [0.15, 0.2) is 16.1 Å². The highest BCUT2D eigenvalue weighted by Crippen LogP contribution is 2.36. The van der Waals surface area contributed by atoms with Crippen LogP contribution < -0.4 is 10.2 Å². The molecule has 0 radical (unpaired) electrons. The summed E-state index contributed by atoms with van der Waals surface area (Å²) in [7, 11) is 0. The van der Waals surface area contributed by atoms with E-state index in [1.165, 1.54) is 24.2 Å². The summed E-state index contributed by atoms with van der Waals surface area (Å²) in [6.45, 7) is 2.29. The molecule has 3 rings (SSSR count). The molecule has 6 heteroatoms. The molecule has 0 spiro atoms. The lowest BCUT2D eigenvalue weighted by molar-refractivity contribution is 0.101. The van der Waals surface area contributed by atoms with Gasteiger partial charge in [-0.2, -0.15) is 0 Å². The van der Waals surface area contributed by atoms with Crippen LogP contribution in [0.25, 0.3) is 0 Å². The first-order valence-electron chi connectivity index (χ1n) is 6.97. The quantitative estimate of drug-likeness (QED) is 0.853. The van der Waals surface area contributed by atoms with E-state index in [4.69, 9.17) is 11.6 Å². The van der Waals surface area contributed by atoms with Gasteiger partial charge >= 0.3 is 0 Å². The zero-order chi connectivity index (χ0) is 14.7. The van der Waals surface area contributed by atoms with Crippen LogP contribution in [0.5, 0.6) is 0 Å². The molecular formula is C15H16ClN3OS. The number of hydrogen-bond donors (Lipinski definition) is 1. The summed E-state index contributed by atoms with van der Waals surface area (Å²) in [4.78, 5) is 18.6. The van der Waals surface area contributed by atoms with Crippen molar-refractivity contribution in [3.63, 3.8) is 0 Å². The van der Waals surface area contributed by atoms with Crippen LogP contribution in [0, 0.1) is 0 Å². The fraction of sp³-hybridized carbons (Fsp3) is 0.333. The third kappa shape index (κ3) is 3.36. The number of benzene rings is 1. The number of nitrogens with zero attached hydrogens (tertiary/aromatic N) is 2. The molecule has 1 N–H and O–H groups in total. The Balaban J connectivity index is 1.63. The second kappa shape index (κ2) is 6.45. The highest BCUT2D eigenvalue weighted by Gasteiger charge is 2.19. The van der Waals surface area contributed by atoms with Gasteiger partial charge in [0.1, 0.15) is 5.00 Å². The zero-order valence-electron chi connectivity index (χ0n) is 11.5. The number of rotatable bonds is 5. The van der Waals surface area contributed by atoms with E-state index < -0.39 is 0 Å². The van der Waals surface area contributed by atoms with Crippen molar-refractivity contribution < 1.29 is 4.79 Å². The van der Waals surface area contributed by atoms with E-state index in [-0.39, 0.29) is 12.3 Å². The Morgan fingerprint density at radius 3 is 2.71 bits per heavy atom. The van der Waals surface area contributed by atoms with Gasteiger partial charge in [-0.15, -0.1) is 0 Å². The molecule has 1 aromatic carbocycles. The first kappa shape index (κ1) is 14.4. The lowest BCUT2D eigenvalue weighted by Crippen LogP contribution is -2.16. The first-order valence-corrected chi connectivity index (χ1v) is 8.17. The minimum Gasteiger partial charge on any atom is -0.361 e. The third-order valence-corrected chi connectivity index (χ3v) is 4.91. The Bertz CT molecular complexity index is 623. The number of nitrogens with one attached hydrogen (secondary N) is 1. The largest absolute Gasteiger partial charge is 0.361 e. The normalized spacial score (nSPS) is 14.4. The molecule has 1 aliphatic heterocycles. The topological polar surface area (TPSA) is 45.2 Å². The Labute approximate surface area is 132 Å². The van der Waals surface area contributed by atoms with Crippen LogP contribution >= 0.6 is 22.9 Å². The lowest BCUT2D eigenvalue weighted by atomic mass is 10.1. The summed E-state index contributed by atoms with van der Waals surface area (Å²) in [5.74, 6) is 0.0460. The van der Waals surface area contributed by atoms with Gasteiger partial charge in [0.2, 0.25) is 0 Å². The molecule has 1 fully saturated rings. The van der Waals surface area contributed by atoms with Crippen LogP contribution in [0.15, 0.2) is 30.3 Å². The number of ketones is 1. The molecule has 0 atom stereocenters. The van der Waals surface area contributed by atoms with Crippen LogP contribution in [0.1, 0.15) is 23.2 Å². The standard InChI is InChI=1S/C15H16ClN3OS/c16-13-14(19-8-4-5-9-19)21-15(18-13)17-10-12(20)11-6-2-1-3-7-11/h1-3,6-7H,4-5,8-10H2,(H,17,18). The summed E-state index contributed by atoms with van der Waals surface area (Å²) < 4.78 is 0. The van der Waals surface area contributed by atoms with Crippen LogP contribution in [-0.4, -0.2) is 30.4 Å². The molecular weight excluding hydrogens is 306 g/mol. The molecule has 0 unspecified atom stereocenters. The van der Waals surface area contributed by atoms with E-state index in [9.17, 15) is 4.79 Å². The van der Waals surface area contributed by atoms with Crippen molar-refractivity contribution >= 4 is 38.9 Å². The van der Waals surface area contributed by atoms with Crippen LogP contribution in [0.3, 0.4) is 0 Å². The van der Waals surface area contributed by atoms with Crippen molar-refractivity contribution in [3.8, 4) is 0 Å². The summed E-state index contributed by atoms with van der Waals surface area (Å²) in [5, 5.41) is 5.30. The van der Waals surface area contributed by atoms with Crippen molar-refractivity contribution in [1.82, 2.24) is 4.98 Å². The number of hydrogen-bond acceptors (Lipinski definition) is 5. The molecule has 110 valence electrons. The molecule has 1 aliphatic rings. The van der Waals surface area contributed by atoms with E-state index in [0.717, 1.165) is 18.1 Å². The summed E-state index contributed by atoms with van der Waals surface area (Å²) in [6, 6.07) is 9.24. The maximum atomic E-state index is 12.0. The number of halogens is 1. The van der Waals surface area contributed by atoms with Crippen molar-refractivity contribution in [3.05, 3.63) is 41.0 Å². The highest BCUT2D eigenvalue weighted by molar-refractivity contribution is 7.20. The van der Waals surface area contributed by atoms with Gasteiger partial charge in [0.25, 0.3) is 0 Å². The van der Waals surface area contributed by atoms with E-state index >= 15 is 0 Å². The van der Waals surface area contributed by atoms with E-state index in [1.807, 2.05) is 30.3 Å². The predicted octanol–water partition coefficient (Wildman–Crippen LogP) is 3.69. The molecule has 0 amide bonds. The van der Waals surface area contributed by atoms with Gasteiger partial charge in [-0.05, 0) is 12.8 Å². The summed E-state index contributed by atoms with van der Waals surface area (Å²) in [5.41, 5.74) is 0.701. The number of aromatic nitrogens is 1. The Morgan fingerprint density at radius 2 is 2.00 bits per heavy atom. The number of thiazole rings is 1. The number of anilines is 2. The Hall–Kier alpha value is -1.59. The SMILES string of the molecule is O=C(CNc1nc(Cl)c(N2CCCC2)s1)c1ccccc1. The van der Waals surface area contributed by atoms with Gasteiger partial charge in [-0.3, -0.25) is 4.79 Å². The van der Waals surface area contributed by atoms with Crippen molar-refractivity contribution in [2.75, 3.05) is 29.9 Å². The minimum atomic E-state index is 0.0460. The maximum absolute atomic E-state index is 12.0. The molecule has 0 aliphatic carbocycles. The number of carbonyl (C=O) groups excluding carboxylic acids is 1. The molecule has 0 saturated carbocycles. The van der Waals surface area contributed by atoms with E-state index in [1.54, 1.807) is 0 Å². The molecule has 2 heterocycles. The summed E-state index contributed by atoms with van der Waals surface area (Å²) in [6.07, 6.45) is 2.40. The summed E-state index contributed by atoms with van der Waals surface area (Å²) >= 11 is 7.70. The van der Waals surface area contributed by atoms with Crippen LogP contribution in [0.4, 0.5) is 10.1 Å². The fourth-order valence-electron chi connectivity index (χ4n) is 2.37. The second-order valence-electron chi connectivity index (χ2n) is 4.95. The number of Topliss-reactive ketones (excluding diaryl/α,β-unsaturated/α-hetero) is 1. The first-order chi connectivity index (χ1) is 10.2. The van der Waals surface area contributed by atoms with Gasteiger partial charge in [-0.1, -0.05) is 53.3 Å². The average Bonchev–Trinajstić information content (AvgIpc) is 3.15. The Kier molecular flexibility index (Phi) is 4.41. The molecule has 21 heavy (non-hydrogen) atoms. The van der Waals surface area contributed by atoms with E-state index in [0.29, 0.717) is 15.8 Å². The molecule has 0 bridgehead atoms. The lowest BCUT2D eigenvalue weighted by Gasteiger charge is -2.13. The fourth-order valence-corrected chi connectivity index (χ4v) is 3.64. The average molecular weight is 322 g/mol. The van der Waals surface area contributed by atoms with Gasteiger partial charge in [-0.25, -0.2) is 4.98 Å². The third-order valence-electron chi connectivity index (χ3n) is 3.46. The number of carbonyl (C=O) groups is 1. The highest BCUT2D eigenvalue weighted by atomic mass is 35.5. The van der Waals surface area contributed by atoms with Crippen molar-refractivity contribution in [2.24, 2.45) is 0 Å². The molecule has 2 aromatic rings. The van der Waals surface area contributed by atoms with Gasteiger partial charge < -0.3 is 10.2 Å². The second-order valence-corrected chi connectivity index (χ2v) is 6.29. The molecule has 1 saturated heterocycles. The van der Waals surface area contributed by atoms with Gasteiger partial charge in [0, 0.05) is 18.7 Å². The Morgan fingerprint density at radius 1 is 1.29 bits per heavy atom.